The Kier molecular flexibility index (Phi) is 5.18. The van der Waals surface area contributed by atoms with Crippen molar-refractivity contribution in [2.45, 2.75) is 19.8 Å². The quantitative estimate of drug-likeness (QED) is 0.378. The number of halogens is 1. The van der Waals surface area contributed by atoms with Crippen LogP contribution in [0.25, 0.3) is 11.1 Å². The number of benzene rings is 3. The molecule has 3 rings (SSSR count). The summed E-state index contributed by atoms with van der Waals surface area (Å²) in [5.74, 6) is -0.0235. The van der Waals surface area contributed by atoms with E-state index in [9.17, 15) is 4.39 Å². The van der Waals surface area contributed by atoms with Crippen molar-refractivity contribution in [3.8, 4) is 11.1 Å². The third kappa shape index (κ3) is 3.90. The van der Waals surface area contributed by atoms with Crippen LogP contribution >= 0.6 is 12.2 Å². The molecule has 0 heterocycles. The summed E-state index contributed by atoms with van der Waals surface area (Å²) in [5, 5.41) is 2.25. The lowest BCUT2D eigenvalue weighted by atomic mass is 9.91. The van der Waals surface area contributed by atoms with Gasteiger partial charge in [0.25, 0.3) is 0 Å². The average Bonchev–Trinajstić information content (AvgIpc) is 2.62. The van der Waals surface area contributed by atoms with Crippen molar-refractivity contribution in [3.63, 3.8) is 0 Å². The zero-order chi connectivity index (χ0) is 17.8. The number of nitrogens with zero attached hydrogens (tertiary/aromatic N) is 1. The van der Waals surface area contributed by atoms with Gasteiger partial charge in [-0.3, -0.25) is 0 Å². The van der Waals surface area contributed by atoms with Gasteiger partial charge >= 0.3 is 0 Å². The Morgan fingerprint density at radius 2 is 1.52 bits per heavy atom. The van der Waals surface area contributed by atoms with Crippen molar-refractivity contribution < 1.29 is 4.39 Å². The lowest BCUT2D eigenvalue weighted by molar-refractivity contribution is 0.631. The molecule has 0 aliphatic rings. The first-order valence-corrected chi connectivity index (χ1v) is 8.53. The molecule has 3 aromatic carbocycles. The zero-order valence-electron chi connectivity index (χ0n) is 14.2. The molecular formula is C22H18FNS. The van der Waals surface area contributed by atoms with E-state index in [1.54, 1.807) is 12.1 Å². The molecule has 0 aromatic heterocycles. The zero-order valence-corrected chi connectivity index (χ0v) is 15.0. The van der Waals surface area contributed by atoms with Gasteiger partial charge in [-0.15, -0.1) is 0 Å². The van der Waals surface area contributed by atoms with E-state index in [-0.39, 0.29) is 5.82 Å². The predicted octanol–water partition coefficient (Wildman–Crippen LogP) is 6.69. The van der Waals surface area contributed by atoms with Gasteiger partial charge in [0.1, 0.15) is 5.82 Å². The minimum atomic E-state index is -0.314. The summed E-state index contributed by atoms with van der Waals surface area (Å²) in [5.41, 5.74) is 5.60. The molecule has 124 valence electrons. The molecule has 0 saturated carbocycles. The van der Waals surface area contributed by atoms with Crippen LogP contribution in [0.15, 0.2) is 71.7 Å². The van der Waals surface area contributed by atoms with E-state index in [1.807, 2.05) is 12.1 Å². The molecule has 1 nitrogen and oxygen atoms in total. The van der Waals surface area contributed by atoms with E-state index < -0.39 is 0 Å². The third-order valence-electron chi connectivity index (χ3n) is 4.43. The van der Waals surface area contributed by atoms with Gasteiger partial charge in [0.15, 0.2) is 0 Å². The Labute approximate surface area is 152 Å². The van der Waals surface area contributed by atoms with Crippen molar-refractivity contribution in [1.82, 2.24) is 0 Å². The monoisotopic (exact) mass is 347 g/mol. The van der Waals surface area contributed by atoms with Crippen molar-refractivity contribution in [3.05, 3.63) is 89.2 Å². The van der Waals surface area contributed by atoms with Crippen LogP contribution < -0.4 is 0 Å². The fourth-order valence-corrected chi connectivity index (χ4v) is 2.96. The Hall–Kier alpha value is -2.61. The van der Waals surface area contributed by atoms with Gasteiger partial charge in [-0.25, -0.2) is 4.39 Å². The van der Waals surface area contributed by atoms with Crippen LogP contribution in [-0.2, 0) is 0 Å². The normalized spacial score (nSPS) is 11.6. The van der Waals surface area contributed by atoms with E-state index in [1.165, 1.54) is 22.8 Å². The summed E-state index contributed by atoms with van der Waals surface area (Å²) >= 11 is 4.55. The average molecular weight is 347 g/mol. The number of aryl methyl sites for hydroxylation is 1. The first-order chi connectivity index (χ1) is 12.1. The number of aliphatic imine (C=N–C) groups is 1. The molecule has 0 saturated heterocycles. The fraction of sp³-hybridized carbons (Fsp3) is 0.136. The van der Waals surface area contributed by atoms with E-state index in [4.69, 9.17) is 0 Å². The molecule has 0 amide bonds. The van der Waals surface area contributed by atoms with E-state index in [0.29, 0.717) is 17.2 Å². The highest BCUT2D eigenvalue weighted by Crippen LogP contribution is 2.29. The number of thiocarbonyl (C=S) groups is 1. The Morgan fingerprint density at radius 3 is 2.08 bits per heavy atom. The lowest BCUT2D eigenvalue weighted by Crippen LogP contribution is -1.96. The van der Waals surface area contributed by atoms with Gasteiger partial charge in [0, 0.05) is 17.5 Å². The number of isothiocyanates is 1. The van der Waals surface area contributed by atoms with E-state index >= 15 is 0 Å². The second-order valence-corrected chi connectivity index (χ2v) is 6.30. The summed E-state index contributed by atoms with van der Waals surface area (Å²) < 4.78 is 14.3. The molecule has 0 radical (unpaired) electrons. The van der Waals surface area contributed by atoms with Gasteiger partial charge in [-0.1, -0.05) is 61.0 Å². The summed E-state index contributed by atoms with van der Waals surface area (Å²) in [6.45, 7) is 4.26. The van der Waals surface area contributed by atoms with Crippen LogP contribution in [-0.4, -0.2) is 5.16 Å². The largest absolute Gasteiger partial charge is 0.206 e. The summed E-state index contributed by atoms with van der Waals surface area (Å²) in [7, 11) is 0. The van der Waals surface area contributed by atoms with Gasteiger partial charge < -0.3 is 0 Å². The minimum Gasteiger partial charge on any atom is -0.206 e. The highest BCUT2D eigenvalue weighted by molar-refractivity contribution is 7.78. The molecule has 3 aromatic rings. The Balaban J connectivity index is 1.87. The van der Waals surface area contributed by atoms with Gasteiger partial charge in [0.2, 0.25) is 0 Å². The molecule has 0 N–H and O–H groups in total. The van der Waals surface area contributed by atoms with Crippen LogP contribution in [0.2, 0.25) is 0 Å². The smallest absolute Gasteiger partial charge is 0.133 e. The molecule has 3 heteroatoms. The second kappa shape index (κ2) is 7.52. The van der Waals surface area contributed by atoms with Crippen LogP contribution in [0.1, 0.15) is 29.5 Å². The fourth-order valence-electron chi connectivity index (χ4n) is 2.86. The van der Waals surface area contributed by atoms with Gasteiger partial charge in [-0.2, -0.15) is 4.99 Å². The van der Waals surface area contributed by atoms with Crippen LogP contribution in [0.3, 0.4) is 0 Å². The molecule has 0 aliphatic carbocycles. The third-order valence-corrected chi connectivity index (χ3v) is 4.52. The first-order valence-electron chi connectivity index (χ1n) is 8.13. The highest BCUT2D eigenvalue weighted by Gasteiger charge is 2.10. The molecule has 0 bridgehead atoms. The Morgan fingerprint density at radius 1 is 0.920 bits per heavy atom. The SMILES string of the molecule is Cc1ccc(C(C)c2ccc(-c3ccc(N=C=S)cc3F)cc2)cc1. The van der Waals surface area contributed by atoms with E-state index in [0.717, 1.165) is 5.56 Å². The number of rotatable bonds is 4. The molecule has 25 heavy (non-hydrogen) atoms. The molecule has 0 fully saturated rings. The van der Waals surface area contributed by atoms with E-state index in [2.05, 4.69) is 72.6 Å². The van der Waals surface area contributed by atoms with Crippen LogP contribution in [0.5, 0.6) is 0 Å². The summed E-state index contributed by atoms with van der Waals surface area (Å²) in [4.78, 5) is 3.80. The maximum absolute atomic E-state index is 14.3. The summed E-state index contributed by atoms with van der Waals surface area (Å²) in [6.07, 6.45) is 0. The van der Waals surface area contributed by atoms with Crippen LogP contribution in [0, 0.1) is 12.7 Å². The molecule has 1 atom stereocenters. The predicted molar refractivity (Wildman–Crippen MR) is 105 cm³/mol. The minimum absolute atomic E-state index is 0.291. The summed E-state index contributed by atoms with van der Waals surface area (Å²) in [6, 6.07) is 21.4. The lowest BCUT2D eigenvalue weighted by Gasteiger charge is -2.14. The highest BCUT2D eigenvalue weighted by atomic mass is 32.1. The first kappa shape index (κ1) is 17.2. The van der Waals surface area contributed by atoms with Crippen molar-refractivity contribution in [2.75, 3.05) is 0 Å². The van der Waals surface area contributed by atoms with Crippen molar-refractivity contribution in [1.29, 1.82) is 0 Å². The maximum Gasteiger partial charge on any atom is 0.133 e. The van der Waals surface area contributed by atoms with Gasteiger partial charge in [0.05, 0.1) is 10.8 Å². The number of hydrogen-bond acceptors (Lipinski definition) is 2. The molecular weight excluding hydrogens is 329 g/mol. The topological polar surface area (TPSA) is 12.4 Å². The van der Waals surface area contributed by atoms with Crippen molar-refractivity contribution >= 4 is 23.1 Å². The second-order valence-electron chi connectivity index (χ2n) is 6.12. The number of hydrogen-bond donors (Lipinski definition) is 0. The van der Waals surface area contributed by atoms with Gasteiger partial charge in [-0.05, 0) is 48.0 Å². The maximum atomic E-state index is 14.3. The molecule has 0 aliphatic heterocycles. The molecule has 1 unspecified atom stereocenters. The Bertz CT molecular complexity index is 923. The van der Waals surface area contributed by atoms with Crippen LogP contribution in [0.4, 0.5) is 10.1 Å². The standard InChI is InChI=1S/C22H18FNS/c1-15-3-5-17(6-4-15)16(2)18-7-9-19(10-8-18)21-12-11-20(24-14-25)13-22(21)23/h3-13,16H,1-2H3. The van der Waals surface area contributed by atoms with Crippen molar-refractivity contribution in [2.24, 2.45) is 4.99 Å². The molecule has 0 spiro atoms.